The molecule has 0 radical (unpaired) electrons. The van der Waals surface area contributed by atoms with E-state index >= 15 is 0 Å². The average Bonchev–Trinajstić information content (AvgIpc) is 3.26. The lowest BCUT2D eigenvalue weighted by atomic mass is 10.2. The summed E-state index contributed by atoms with van der Waals surface area (Å²) in [5.74, 6) is 0.425. The summed E-state index contributed by atoms with van der Waals surface area (Å²) in [4.78, 5) is 25.1. The minimum atomic E-state index is -0.810. The first kappa shape index (κ1) is 26.3. The van der Waals surface area contributed by atoms with Gasteiger partial charge in [0.25, 0.3) is 5.91 Å². The third-order valence-electron chi connectivity index (χ3n) is 5.00. The molecule has 2 amide bonds. The van der Waals surface area contributed by atoms with Crippen LogP contribution in [-0.4, -0.2) is 51.2 Å². The molecule has 0 unspecified atom stereocenters. The Morgan fingerprint density at radius 1 is 1.26 bits per heavy atom. The second-order valence-electron chi connectivity index (χ2n) is 7.48. The van der Waals surface area contributed by atoms with Gasteiger partial charge in [-0.1, -0.05) is 35.5 Å². The van der Waals surface area contributed by atoms with Gasteiger partial charge in [-0.05, 0) is 48.9 Å². The number of allylic oxidation sites excluding steroid dienone is 1. The van der Waals surface area contributed by atoms with E-state index in [-0.39, 0.29) is 17.6 Å². The second-order valence-corrected chi connectivity index (χ2v) is 8.83. The Morgan fingerprint density at radius 2 is 2.00 bits per heavy atom. The number of amides is 2. The van der Waals surface area contributed by atoms with Crippen LogP contribution in [0.5, 0.6) is 5.75 Å². The molecule has 11 heteroatoms. The van der Waals surface area contributed by atoms with Crippen molar-refractivity contribution in [3.63, 3.8) is 0 Å². The van der Waals surface area contributed by atoms with Crippen LogP contribution in [0.2, 0.25) is 5.02 Å². The number of rotatable bonds is 11. The summed E-state index contributed by atoms with van der Waals surface area (Å²) in [5, 5.41) is 24.9. The summed E-state index contributed by atoms with van der Waals surface area (Å²) < 4.78 is 6.81. The molecule has 0 saturated heterocycles. The number of hydrogen-bond donors (Lipinski definition) is 3. The maximum Gasteiger partial charge on any atom is 0.251 e. The van der Waals surface area contributed by atoms with Crippen LogP contribution >= 0.6 is 23.4 Å². The summed E-state index contributed by atoms with van der Waals surface area (Å²) >= 11 is 7.30. The Labute approximate surface area is 212 Å². The molecule has 3 rings (SSSR count). The molecular formula is C24H26ClN5O4S. The quantitative estimate of drug-likeness (QED) is 0.263. The molecule has 9 nitrogen and oxygen atoms in total. The van der Waals surface area contributed by atoms with Gasteiger partial charge >= 0.3 is 0 Å². The van der Waals surface area contributed by atoms with E-state index in [2.05, 4.69) is 27.4 Å². The Bertz CT molecular complexity index is 1200. The number of carbonyl (C=O) groups excluding carboxylic acids is 2. The van der Waals surface area contributed by atoms with E-state index in [1.54, 1.807) is 54.2 Å². The minimum Gasteiger partial charge on any atom is -0.497 e. The third-order valence-corrected chi connectivity index (χ3v) is 6.37. The monoisotopic (exact) mass is 515 g/mol. The lowest BCUT2D eigenvalue weighted by molar-refractivity contribution is -0.113. The third kappa shape index (κ3) is 6.84. The number of methoxy groups -OCH3 is 1. The molecule has 184 valence electrons. The van der Waals surface area contributed by atoms with Gasteiger partial charge in [0.2, 0.25) is 5.91 Å². The highest BCUT2D eigenvalue weighted by Gasteiger charge is 2.23. The van der Waals surface area contributed by atoms with Crippen molar-refractivity contribution < 1.29 is 19.4 Å². The van der Waals surface area contributed by atoms with Crippen LogP contribution in [0.1, 0.15) is 27.8 Å². The number of nitrogens with zero attached hydrogens (tertiary/aromatic N) is 3. The predicted molar refractivity (Wildman–Crippen MR) is 136 cm³/mol. The van der Waals surface area contributed by atoms with Crippen LogP contribution in [0.25, 0.3) is 0 Å². The van der Waals surface area contributed by atoms with Crippen LogP contribution < -0.4 is 15.4 Å². The van der Waals surface area contributed by atoms with Crippen molar-refractivity contribution in [3.05, 3.63) is 77.1 Å². The van der Waals surface area contributed by atoms with Crippen LogP contribution in [-0.2, 0) is 11.3 Å². The molecule has 0 saturated carbocycles. The van der Waals surface area contributed by atoms with Gasteiger partial charge in [0.1, 0.15) is 11.8 Å². The fourth-order valence-corrected chi connectivity index (χ4v) is 4.07. The number of aliphatic hydroxyl groups is 1. The Balaban J connectivity index is 1.69. The van der Waals surface area contributed by atoms with E-state index in [4.69, 9.17) is 16.3 Å². The summed E-state index contributed by atoms with van der Waals surface area (Å²) in [6.07, 6.45) is 1.64. The highest BCUT2D eigenvalue weighted by atomic mass is 35.5. The van der Waals surface area contributed by atoms with Gasteiger partial charge in [-0.25, -0.2) is 0 Å². The molecule has 1 heterocycles. The van der Waals surface area contributed by atoms with E-state index in [0.717, 1.165) is 5.56 Å². The number of carbonyl (C=O) groups is 2. The summed E-state index contributed by atoms with van der Waals surface area (Å²) in [6, 6.07) is 11.1. The minimum absolute atomic E-state index is 0.0722. The summed E-state index contributed by atoms with van der Waals surface area (Å²) in [5.41, 5.74) is 1.92. The Kier molecular flexibility index (Phi) is 9.30. The Hall–Kier alpha value is -3.34. The van der Waals surface area contributed by atoms with Crippen molar-refractivity contribution in [2.75, 3.05) is 24.8 Å². The number of aromatic nitrogens is 3. The standard InChI is InChI=1S/C24H26ClN5O4S/c1-4-11-30-22(20(13-31)27-23(33)16-6-9-18(34-3)10-7-16)28-29-24(30)35-14-21(32)26-17-8-5-15(2)19(25)12-17/h4-10,12,20,31H,1,11,13-14H2,2-3H3,(H,26,32)(H,27,33)/t20-/m1/s1. The molecule has 0 spiro atoms. The largest absolute Gasteiger partial charge is 0.497 e. The zero-order valence-electron chi connectivity index (χ0n) is 19.3. The van der Waals surface area contributed by atoms with Crippen molar-refractivity contribution in [1.82, 2.24) is 20.1 Å². The molecule has 3 N–H and O–H groups in total. The summed E-state index contributed by atoms with van der Waals surface area (Å²) in [7, 11) is 1.54. The second kappa shape index (κ2) is 12.4. The van der Waals surface area contributed by atoms with Gasteiger partial charge in [-0.3, -0.25) is 9.59 Å². The number of anilines is 1. The molecular weight excluding hydrogens is 490 g/mol. The van der Waals surface area contributed by atoms with E-state index in [0.29, 0.717) is 39.5 Å². The highest BCUT2D eigenvalue weighted by Crippen LogP contribution is 2.23. The van der Waals surface area contributed by atoms with Gasteiger partial charge in [0.05, 0.1) is 19.5 Å². The van der Waals surface area contributed by atoms with Crippen molar-refractivity contribution >= 4 is 40.9 Å². The van der Waals surface area contributed by atoms with E-state index < -0.39 is 12.6 Å². The van der Waals surface area contributed by atoms with Gasteiger partial charge in [0, 0.05) is 22.8 Å². The molecule has 3 aromatic rings. The maximum atomic E-state index is 12.7. The van der Waals surface area contributed by atoms with Crippen molar-refractivity contribution in [2.45, 2.75) is 24.7 Å². The van der Waals surface area contributed by atoms with Gasteiger partial charge in [-0.15, -0.1) is 16.8 Å². The number of thioether (sulfide) groups is 1. The molecule has 0 bridgehead atoms. The van der Waals surface area contributed by atoms with Crippen LogP contribution in [0.4, 0.5) is 5.69 Å². The van der Waals surface area contributed by atoms with Crippen molar-refractivity contribution in [1.29, 1.82) is 0 Å². The molecule has 2 aromatic carbocycles. The number of ether oxygens (including phenoxy) is 1. The first-order chi connectivity index (χ1) is 16.9. The maximum absolute atomic E-state index is 12.7. The van der Waals surface area contributed by atoms with Gasteiger partial charge in [0.15, 0.2) is 11.0 Å². The smallest absolute Gasteiger partial charge is 0.251 e. The van der Waals surface area contributed by atoms with Gasteiger partial charge < -0.3 is 25.0 Å². The number of halogens is 1. The highest BCUT2D eigenvalue weighted by molar-refractivity contribution is 7.99. The topological polar surface area (TPSA) is 118 Å². The SMILES string of the molecule is C=CCn1c(SCC(=O)Nc2ccc(C)c(Cl)c2)nnc1[C@@H](CO)NC(=O)c1ccc(OC)cc1. The molecule has 0 fully saturated rings. The fraction of sp³-hybridized carbons (Fsp3) is 0.250. The zero-order chi connectivity index (χ0) is 25.4. The average molecular weight is 516 g/mol. The molecule has 0 aliphatic rings. The fourth-order valence-electron chi connectivity index (χ4n) is 3.14. The number of benzene rings is 2. The number of hydrogen-bond acceptors (Lipinski definition) is 7. The molecule has 1 aromatic heterocycles. The Morgan fingerprint density at radius 3 is 2.63 bits per heavy atom. The zero-order valence-corrected chi connectivity index (χ0v) is 20.9. The van der Waals surface area contributed by atoms with Crippen LogP contribution in [0.15, 0.2) is 60.3 Å². The number of nitrogens with one attached hydrogen (secondary N) is 2. The van der Waals surface area contributed by atoms with E-state index in [1.165, 1.54) is 11.8 Å². The number of aliphatic hydroxyl groups excluding tert-OH is 1. The molecule has 1 atom stereocenters. The van der Waals surface area contributed by atoms with Crippen LogP contribution in [0, 0.1) is 6.92 Å². The van der Waals surface area contributed by atoms with Crippen LogP contribution in [0.3, 0.4) is 0 Å². The lowest BCUT2D eigenvalue weighted by Crippen LogP contribution is -2.33. The normalized spacial score (nSPS) is 11.5. The van der Waals surface area contributed by atoms with E-state index in [1.807, 2.05) is 13.0 Å². The molecule has 35 heavy (non-hydrogen) atoms. The molecule has 0 aliphatic carbocycles. The predicted octanol–water partition coefficient (Wildman–Crippen LogP) is 3.63. The molecule has 0 aliphatic heterocycles. The van der Waals surface area contributed by atoms with Gasteiger partial charge in [-0.2, -0.15) is 0 Å². The van der Waals surface area contributed by atoms with Crippen molar-refractivity contribution in [2.24, 2.45) is 0 Å². The summed E-state index contributed by atoms with van der Waals surface area (Å²) in [6.45, 7) is 5.57. The first-order valence-electron chi connectivity index (χ1n) is 10.6. The van der Waals surface area contributed by atoms with Crippen molar-refractivity contribution in [3.8, 4) is 5.75 Å². The number of aryl methyl sites for hydroxylation is 1. The van der Waals surface area contributed by atoms with E-state index in [9.17, 15) is 14.7 Å². The first-order valence-corrected chi connectivity index (χ1v) is 12.0. The lowest BCUT2D eigenvalue weighted by Gasteiger charge is -2.17.